The highest BCUT2D eigenvalue weighted by Gasteiger charge is 2.26. The van der Waals surface area contributed by atoms with Gasteiger partial charge in [-0.1, -0.05) is 17.3 Å². The fourth-order valence-electron chi connectivity index (χ4n) is 2.36. The van der Waals surface area contributed by atoms with Crippen molar-refractivity contribution < 1.29 is 27.6 Å². The van der Waals surface area contributed by atoms with Crippen molar-refractivity contribution in [3.05, 3.63) is 42.2 Å². The smallest absolute Gasteiger partial charge is 0.387 e. The van der Waals surface area contributed by atoms with Crippen LogP contribution in [0.15, 0.2) is 41.1 Å². The zero-order chi connectivity index (χ0) is 16.9. The van der Waals surface area contributed by atoms with Gasteiger partial charge in [-0.2, -0.15) is 8.78 Å². The minimum atomic E-state index is -2.86. The van der Waals surface area contributed by atoms with E-state index in [4.69, 9.17) is 4.74 Å². The molecule has 1 aliphatic heterocycles. The number of benzene rings is 1. The number of hydrogen-bond acceptors (Lipinski definition) is 5. The Morgan fingerprint density at radius 3 is 2.79 bits per heavy atom. The van der Waals surface area contributed by atoms with Crippen molar-refractivity contribution in [1.82, 2.24) is 10.1 Å². The third-order valence-corrected chi connectivity index (χ3v) is 3.50. The van der Waals surface area contributed by atoms with E-state index in [0.29, 0.717) is 25.5 Å². The standard InChI is InChI=1S/C15H15F2N3O4/c16-14(17)24-11-3-1-10(2-4-11)12-9-20(6-8-22-12)15(21)18-13-5-7-23-19-13/h1-5,7,12,14H,6,8-9H2,(H,18,19,21)/t12-/m0/s1. The average Bonchev–Trinajstić information content (AvgIpc) is 3.08. The van der Waals surface area contributed by atoms with Crippen LogP contribution in [0, 0.1) is 0 Å². The predicted molar refractivity (Wildman–Crippen MR) is 78.9 cm³/mol. The molecule has 128 valence electrons. The van der Waals surface area contributed by atoms with Crippen LogP contribution < -0.4 is 10.1 Å². The van der Waals surface area contributed by atoms with Crippen LogP contribution in [-0.2, 0) is 4.74 Å². The van der Waals surface area contributed by atoms with Gasteiger partial charge in [-0.15, -0.1) is 0 Å². The molecule has 1 N–H and O–H groups in total. The van der Waals surface area contributed by atoms with E-state index in [1.165, 1.54) is 24.5 Å². The van der Waals surface area contributed by atoms with Gasteiger partial charge in [0.1, 0.15) is 18.1 Å². The summed E-state index contributed by atoms with van der Waals surface area (Å²) in [5.74, 6) is 0.404. The molecule has 2 aromatic rings. The Bertz CT molecular complexity index is 664. The first-order valence-corrected chi connectivity index (χ1v) is 7.24. The fourth-order valence-corrected chi connectivity index (χ4v) is 2.36. The normalized spacial score (nSPS) is 17.8. The molecule has 24 heavy (non-hydrogen) atoms. The summed E-state index contributed by atoms with van der Waals surface area (Å²) in [7, 11) is 0. The Hall–Kier alpha value is -2.68. The SMILES string of the molecule is O=C(Nc1ccon1)N1CCO[C@H](c2ccc(OC(F)F)cc2)C1. The average molecular weight is 339 g/mol. The number of rotatable bonds is 4. The number of amides is 2. The van der Waals surface area contributed by atoms with Gasteiger partial charge in [-0.05, 0) is 17.7 Å². The summed E-state index contributed by atoms with van der Waals surface area (Å²) in [4.78, 5) is 13.8. The Balaban J connectivity index is 1.61. The molecule has 1 aliphatic rings. The van der Waals surface area contributed by atoms with Crippen LogP contribution in [0.4, 0.5) is 19.4 Å². The highest BCUT2D eigenvalue weighted by atomic mass is 19.3. The van der Waals surface area contributed by atoms with E-state index in [9.17, 15) is 13.6 Å². The molecule has 0 radical (unpaired) electrons. The van der Waals surface area contributed by atoms with Crippen molar-refractivity contribution in [3.8, 4) is 5.75 Å². The molecule has 2 heterocycles. The van der Waals surface area contributed by atoms with Crippen molar-refractivity contribution in [3.63, 3.8) is 0 Å². The summed E-state index contributed by atoms with van der Waals surface area (Å²) >= 11 is 0. The minimum absolute atomic E-state index is 0.0743. The molecule has 0 spiro atoms. The van der Waals surface area contributed by atoms with Crippen LogP contribution in [0.3, 0.4) is 0 Å². The maximum atomic E-state index is 12.2. The summed E-state index contributed by atoms with van der Waals surface area (Å²) in [6, 6.07) is 7.40. The predicted octanol–water partition coefficient (Wildman–Crippen LogP) is 2.88. The number of carbonyl (C=O) groups excluding carboxylic acids is 1. The Labute approximate surface area is 136 Å². The van der Waals surface area contributed by atoms with Crippen molar-refractivity contribution in [2.45, 2.75) is 12.7 Å². The second-order valence-corrected chi connectivity index (χ2v) is 5.07. The molecular weight excluding hydrogens is 324 g/mol. The van der Waals surface area contributed by atoms with E-state index in [1.807, 2.05) is 0 Å². The molecule has 1 fully saturated rings. The molecule has 1 aromatic heterocycles. The molecule has 1 aromatic carbocycles. The first-order chi connectivity index (χ1) is 11.6. The first kappa shape index (κ1) is 16.2. The molecule has 0 bridgehead atoms. The second-order valence-electron chi connectivity index (χ2n) is 5.07. The number of nitrogens with zero attached hydrogens (tertiary/aromatic N) is 2. The van der Waals surface area contributed by atoms with Crippen LogP contribution >= 0.6 is 0 Å². The zero-order valence-corrected chi connectivity index (χ0v) is 12.5. The lowest BCUT2D eigenvalue weighted by atomic mass is 10.1. The van der Waals surface area contributed by atoms with Crippen LogP contribution in [0.5, 0.6) is 5.75 Å². The van der Waals surface area contributed by atoms with E-state index < -0.39 is 6.61 Å². The van der Waals surface area contributed by atoms with Crippen LogP contribution in [0.2, 0.25) is 0 Å². The van der Waals surface area contributed by atoms with Gasteiger partial charge in [0.25, 0.3) is 0 Å². The summed E-state index contributed by atoms with van der Waals surface area (Å²) in [6.45, 7) is -1.73. The van der Waals surface area contributed by atoms with Gasteiger partial charge in [0.15, 0.2) is 5.82 Å². The third-order valence-electron chi connectivity index (χ3n) is 3.50. The molecule has 0 aliphatic carbocycles. The minimum Gasteiger partial charge on any atom is -0.435 e. The van der Waals surface area contributed by atoms with Crippen LogP contribution in [0.25, 0.3) is 0 Å². The number of ether oxygens (including phenoxy) is 2. The lowest BCUT2D eigenvalue weighted by Crippen LogP contribution is -2.44. The quantitative estimate of drug-likeness (QED) is 0.927. The van der Waals surface area contributed by atoms with Gasteiger partial charge in [0.05, 0.1) is 13.2 Å². The number of aromatic nitrogens is 1. The first-order valence-electron chi connectivity index (χ1n) is 7.24. The molecule has 0 unspecified atom stereocenters. The van der Waals surface area contributed by atoms with Crippen molar-refractivity contribution in [2.75, 3.05) is 25.0 Å². The van der Waals surface area contributed by atoms with E-state index in [0.717, 1.165) is 5.56 Å². The number of nitrogens with one attached hydrogen (secondary N) is 1. The monoisotopic (exact) mass is 339 g/mol. The maximum absolute atomic E-state index is 12.2. The zero-order valence-electron chi connectivity index (χ0n) is 12.5. The number of carbonyl (C=O) groups is 1. The van der Waals surface area contributed by atoms with Crippen LogP contribution in [0.1, 0.15) is 11.7 Å². The molecule has 9 heteroatoms. The second kappa shape index (κ2) is 7.26. The number of urea groups is 1. The lowest BCUT2D eigenvalue weighted by Gasteiger charge is -2.33. The maximum Gasteiger partial charge on any atom is 0.387 e. The van der Waals surface area contributed by atoms with Crippen molar-refractivity contribution in [2.24, 2.45) is 0 Å². The molecule has 0 saturated carbocycles. The molecule has 1 saturated heterocycles. The van der Waals surface area contributed by atoms with Gasteiger partial charge in [0, 0.05) is 12.6 Å². The summed E-state index contributed by atoms with van der Waals surface area (Å²) < 4.78 is 38.9. The number of halogens is 2. The Morgan fingerprint density at radius 2 is 2.12 bits per heavy atom. The van der Waals surface area contributed by atoms with E-state index in [-0.39, 0.29) is 17.9 Å². The number of alkyl halides is 2. The Kier molecular flexibility index (Phi) is 4.90. The number of morpholine rings is 1. The molecule has 2 amide bonds. The largest absolute Gasteiger partial charge is 0.435 e. The highest BCUT2D eigenvalue weighted by Crippen LogP contribution is 2.25. The van der Waals surface area contributed by atoms with E-state index in [2.05, 4.69) is 19.7 Å². The van der Waals surface area contributed by atoms with E-state index in [1.54, 1.807) is 17.0 Å². The van der Waals surface area contributed by atoms with Gasteiger partial charge in [-0.3, -0.25) is 5.32 Å². The topological polar surface area (TPSA) is 76.8 Å². The van der Waals surface area contributed by atoms with Gasteiger partial charge in [-0.25, -0.2) is 4.79 Å². The summed E-state index contributed by atoms with van der Waals surface area (Å²) in [5.41, 5.74) is 0.774. The third kappa shape index (κ3) is 3.99. The van der Waals surface area contributed by atoms with E-state index >= 15 is 0 Å². The summed E-state index contributed by atoms with van der Waals surface area (Å²) in [6.07, 6.45) is 1.02. The summed E-state index contributed by atoms with van der Waals surface area (Å²) in [5, 5.41) is 6.24. The Morgan fingerprint density at radius 1 is 1.33 bits per heavy atom. The molecule has 3 rings (SSSR count). The van der Waals surface area contributed by atoms with Gasteiger partial charge in [0.2, 0.25) is 0 Å². The van der Waals surface area contributed by atoms with Crippen molar-refractivity contribution >= 4 is 11.8 Å². The number of anilines is 1. The highest BCUT2D eigenvalue weighted by molar-refractivity contribution is 5.88. The molecule has 1 atom stereocenters. The van der Waals surface area contributed by atoms with Gasteiger partial charge >= 0.3 is 12.6 Å². The lowest BCUT2D eigenvalue weighted by molar-refractivity contribution is -0.0499. The van der Waals surface area contributed by atoms with Gasteiger partial charge < -0.3 is 18.9 Å². The number of hydrogen-bond donors (Lipinski definition) is 1. The van der Waals surface area contributed by atoms with Crippen molar-refractivity contribution in [1.29, 1.82) is 0 Å². The fraction of sp³-hybridized carbons (Fsp3) is 0.333. The molecular formula is C15H15F2N3O4. The van der Waals surface area contributed by atoms with Crippen LogP contribution in [-0.4, -0.2) is 42.4 Å². The molecule has 7 nitrogen and oxygen atoms in total.